The number of nitro groups is 2. The van der Waals surface area contributed by atoms with Crippen LogP contribution >= 0.6 is 0 Å². The quantitative estimate of drug-likeness (QED) is 0.0278. The zero-order valence-corrected chi connectivity index (χ0v) is 33.0. The van der Waals surface area contributed by atoms with Crippen LogP contribution in [0.3, 0.4) is 0 Å². The van der Waals surface area contributed by atoms with E-state index < -0.39 is 77.3 Å². The first kappa shape index (κ1) is 46.2. The van der Waals surface area contributed by atoms with Crippen molar-refractivity contribution in [2.24, 2.45) is 0 Å². The summed E-state index contributed by atoms with van der Waals surface area (Å²) < 4.78 is 26.0. The van der Waals surface area contributed by atoms with E-state index in [2.05, 4.69) is 10.6 Å². The van der Waals surface area contributed by atoms with Crippen LogP contribution < -0.4 is 10.6 Å². The Morgan fingerprint density at radius 2 is 1.00 bits per heavy atom. The third-order valence-corrected chi connectivity index (χ3v) is 8.67. The average Bonchev–Trinajstić information content (AvgIpc) is 3.26. The maximum Gasteiger partial charge on any atom is 0.408 e. The van der Waals surface area contributed by atoms with Gasteiger partial charge in [-0.05, 0) is 37.0 Å². The number of nitrogens with one attached hydrogen (secondary N) is 2. The van der Waals surface area contributed by atoms with E-state index in [4.69, 9.17) is 23.7 Å². The molecule has 4 unspecified atom stereocenters. The smallest absolute Gasteiger partial charge is 0.408 e. The summed E-state index contributed by atoms with van der Waals surface area (Å²) in [5.74, 6) is -4.33. The fourth-order valence-corrected chi connectivity index (χ4v) is 5.39. The molecule has 0 fully saturated rings. The van der Waals surface area contributed by atoms with Crippen molar-refractivity contribution in [3.8, 4) is 0 Å². The molecule has 320 valence electrons. The van der Waals surface area contributed by atoms with Crippen molar-refractivity contribution in [1.29, 1.82) is 0 Å². The molecule has 0 bridgehead atoms. The second kappa shape index (κ2) is 23.2. The molecule has 4 rings (SSSR count). The Bertz CT molecular complexity index is 2150. The number of nitrogens with zero attached hydrogens (tertiary/aromatic N) is 2. The first-order valence-corrected chi connectivity index (χ1v) is 18.7. The molecule has 2 N–H and O–H groups in total. The van der Waals surface area contributed by atoms with Gasteiger partial charge in [-0.1, -0.05) is 84.9 Å². The Labute approximate surface area is 348 Å². The minimum Gasteiger partial charge on any atom is -0.459 e. The van der Waals surface area contributed by atoms with E-state index in [0.717, 1.165) is 0 Å². The number of amides is 1. The summed E-state index contributed by atoms with van der Waals surface area (Å²) in [5, 5.41) is 27.4. The van der Waals surface area contributed by atoms with Crippen LogP contribution in [0.1, 0.15) is 40.9 Å². The highest BCUT2D eigenvalue weighted by atomic mass is 16.6. The molecule has 0 saturated heterocycles. The number of rotatable bonds is 22. The van der Waals surface area contributed by atoms with Gasteiger partial charge in [0.05, 0.1) is 16.4 Å². The van der Waals surface area contributed by atoms with Gasteiger partial charge in [-0.3, -0.25) is 35.1 Å². The van der Waals surface area contributed by atoms with Gasteiger partial charge in [0, 0.05) is 36.2 Å². The zero-order valence-electron chi connectivity index (χ0n) is 33.0. The predicted molar refractivity (Wildman–Crippen MR) is 213 cm³/mol. The van der Waals surface area contributed by atoms with Gasteiger partial charge in [0.2, 0.25) is 0 Å². The van der Waals surface area contributed by atoms with Crippen LogP contribution in [0.5, 0.6) is 0 Å². The van der Waals surface area contributed by atoms with Gasteiger partial charge in [-0.2, -0.15) is 0 Å². The molecule has 0 spiro atoms. The lowest BCUT2D eigenvalue weighted by Crippen LogP contribution is -2.45. The molecule has 0 aromatic heterocycles. The topological polar surface area (TPSA) is 259 Å². The Kier molecular flexibility index (Phi) is 17.5. The molecular weight excluding hydrogens is 800 g/mol. The maximum atomic E-state index is 13.2. The maximum absolute atomic E-state index is 13.2. The van der Waals surface area contributed by atoms with Crippen LogP contribution in [0.4, 0.5) is 16.2 Å². The molecule has 0 radical (unpaired) electrons. The third-order valence-electron chi connectivity index (χ3n) is 8.67. The van der Waals surface area contributed by atoms with Gasteiger partial charge in [0.1, 0.15) is 31.9 Å². The fraction of sp³-hybridized carbons (Fsp3) is 0.286. The lowest BCUT2D eigenvalue weighted by atomic mass is 10.0. The van der Waals surface area contributed by atoms with Crippen molar-refractivity contribution in [3.05, 3.63) is 152 Å². The van der Waals surface area contributed by atoms with Gasteiger partial charge in [-0.25, -0.2) is 19.2 Å². The monoisotopic (exact) mass is 842 g/mol. The highest BCUT2D eigenvalue weighted by molar-refractivity contribution is 5.98. The van der Waals surface area contributed by atoms with Crippen LogP contribution in [-0.4, -0.2) is 89.7 Å². The summed E-state index contributed by atoms with van der Waals surface area (Å²) in [6.07, 6.45) is -4.16. The van der Waals surface area contributed by atoms with Crippen molar-refractivity contribution in [1.82, 2.24) is 10.6 Å². The third kappa shape index (κ3) is 15.3. The molecule has 19 heteroatoms. The minimum atomic E-state index is -1.50. The van der Waals surface area contributed by atoms with E-state index in [9.17, 15) is 49.0 Å². The molecule has 4 aromatic rings. The second-order valence-electron chi connectivity index (χ2n) is 13.2. The number of carbonyl (C=O) groups is 6. The molecule has 0 saturated carbocycles. The van der Waals surface area contributed by atoms with E-state index in [0.29, 0.717) is 22.3 Å². The first-order chi connectivity index (χ1) is 29.2. The van der Waals surface area contributed by atoms with Gasteiger partial charge in [0.15, 0.2) is 18.0 Å². The molecular formula is C42H42N4O15. The van der Waals surface area contributed by atoms with Crippen LogP contribution in [0.25, 0.3) is 0 Å². The number of ether oxygens (including phenoxy) is 5. The minimum absolute atomic E-state index is 0.0500. The van der Waals surface area contributed by atoms with Crippen molar-refractivity contribution in [3.63, 3.8) is 0 Å². The molecule has 0 heterocycles. The summed E-state index contributed by atoms with van der Waals surface area (Å²) in [6.45, 7) is 1.09. The number of benzene rings is 4. The van der Waals surface area contributed by atoms with E-state index in [1.165, 1.54) is 62.4 Å². The zero-order chi connectivity index (χ0) is 44.3. The number of Topliss-reactive ketones (excluding diaryl/α,β-unsaturated/α-hetero) is 1. The van der Waals surface area contributed by atoms with E-state index in [1.807, 2.05) is 0 Å². The Hall–Kier alpha value is -7.54. The summed E-state index contributed by atoms with van der Waals surface area (Å²) in [7, 11) is 0. The number of nitro benzene ring substituents is 2. The Morgan fingerprint density at radius 3 is 1.48 bits per heavy atom. The molecule has 0 aliphatic carbocycles. The fourth-order valence-electron chi connectivity index (χ4n) is 5.39. The van der Waals surface area contributed by atoms with Crippen molar-refractivity contribution in [2.45, 2.75) is 57.6 Å². The molecule has 4 aromatic carbocycles. The standard InChI is InChI=1S/C42H42N4O15/c1-27(60-40(50)35(23-29-13-17-33(18-14-29)45(53)54)43-25-37(47)32-11-7-4-8-12-32)38(48)57-21-22-58-39(49)28(2)61-41(51)36(24-30-15-19-34(20-16-30)46(55)56)44-42(52)59-26-31-9-5-3-6-10-31/h3-20,27-28,35-36,43H,21-26H2,1-2H3,(H,44,52). The molecule has 61 heavy (non-hydrogen) atoms. The van der Waals surface area contributed by atoms with Gasteiger partial charge in [-0.15, -0.1) is 0 Å². The van der Waals surface area contributed by atoms with E-state index in [-0.39, 0.29) is 43.2 Å². The van der Waals surface area contributed by atoms with Gasteiger partial charge in [0.25, 0.3) is 11.4 Å². The predicted octanol–water partition coefficient (Wildman–Crippen LogP) is 4.37. The summed E-state index contributed by atoms with van der Waals surface area (Å²) in [5.41, 5.74) is 1.63. The summed E-state index contributed by atoms with van der Waals surface area (Å²) in [4.78, 5) is 98.2. The lowest BCUT2D eigenvalue weighted by molar-refractivity contribution is -0.385. The van der Waals surface area contributed by atoms with Crippen LogP contribution in [0, 0.1) is 20.2 Å². The molecule has 1 amide bonds. The number of esters is 4. The number of non-ortho nitro benzene ring substituents is 2. The number of alkyl carbamates (subject to hydrolysis) is 1. The average molecular weight is 843 g/mol. The largest absolute Gasteiger partial charge is 0.459 e. The summed E-state index contributed by atoms with van der Waals surface area (Å²) in [6, 6.07) is 25.1. The van der Waals surface area contributed by atoms with Crippen molar-refractivity contribution >= 4 is 47.1 Å². The molecule has 4 atom stereocenters. The molecule has 0 aliphatic heterocycles. The van der Waals surface area contributed by atoms with Crippen molar-refractivity contribution in [2.75, 3.05) is 19.8 Å². The Morgan fingerprint density at radius 1 is 0.557 bits per heavy atom. The number of ketones is 1. The molecule has 0 aliphatic rings. The number of carbonyl (C=O) groups excluding carboxylic acids is 6. The van der Waals surface area contributed by atoms with Crippen LogP contribution in [-0.2, 0) is 62.3 Å². The van der Waals surface area contributed by atoms with Crippen LogP contribution in [0.15, 0.2) is 109 Å². The summed E-state index contributed by atoms with van der Waals surface area (Å²) >= 11 is 0. The molecule has 19 nitrogen and oxygen atoms in total. The van der Waals surface area contributed by atoms with E-state index >= 15 is 0 Å². The Balaban J connectivity index is 1.27. The number of hydrogen-bond acceptors (Lipinski definition) is 16. The van der Waals surface area contributed by atoms with E-state index in [1.54, 1.807) is 60.7 Å². The highest BCUT2D eigenvalue weighted by Crippen LogP contribution is 2.16. The van der Waals surface area contributed by atoms with Gasteiger partial charge < -0.3 is 29.0 Å². The number of hydrogen-bond donors (Lipinski definition) is 2. The SMILES string of the molecule is CC(OC(=O)C(Cc1ccc([N+](=O)[O-])cc1)NCC(=O)c1ccccc1)C(=O)OCCOC(=O)C(C)OC(=O)C(Cc1ccc([N+](=O)[O-])cc1)NC(=O)OCc1ccccc1. The normalized spacial score (nSPS) is 12.6. The first-order valence-electron chi connectivity index (χ1n) is 18.7. The van der Waals surface area contributed by atoms with Gasteiger partial charge >= 0.3 is 30.0 Å². The van der Waals surface area contributed by atoms with Crippen LogP contribution in [0.2, 0.25) is 0 Å². The lowest BCUT2D eigenvalue weighted by Gasteiger charge is -2.21. The van der Waals surface area contributed by atoms with Crippen molar-refractivity contribution < 1.29 is 62.3 Å². The highest BCUT2D eigenvalue weighted by Gasteiger charge is 2.30. The second-order valence-corrected chi connectivity index (χ2v) is 13.2.